The molecule has 2 aromatic carbocycles. The molecule has 7 nitrogen and oxygen atoms in total. The Kier molecular flexibility index (Phi) is 6.23. The summed E-state index contributed by atoms with van der Waals surface area (Å²) in [6.45, 7) is 1.69. The van der Waals surface area contributed by atoms with E-state index in [0.29, 0.717) is 25.2 Å². The van der Waals surface area contributed by atoms with Crippen LogP contribution in [0.15, 0.2) is 58.8 Å². The maximum atomic E-state index is 12.8. The molecule has 3 aromatic rings. The van der Waals surface area contributed by atoms with Gasteiger partial charge in [0.25, 0.3) is 0 Å². The number of nitriles is 1. The van der Waals surface area contributed by atoms with Crippen LogP contribution in [-0.4, -0.2) is 56.4 Å². The first-order valence-corrected chi connectivity index (χ1v) is 12.3. The average molecular weight is 455 g/mol. The van der Waals surface area contributed by atoms with E-state index < -0.39 is 10.0 Å². The highest BCUT2D eigenvalue weighted by Gasteiger charge is 2.30. The molecule has 4 rings (SSSR count). The molecule has 31 heavy (non-hydrogen) atoms. The highest BCUT2D eigenvalue weighted by atomic mass is 32.2. The molecule has 0 unspecified atom stereocenters. The van der Waals surface area contributed by atoms with Gasteiger partial charge in [-0.2, -0.15) is 9.57 Å². The van der Waals surface area contributed by atoms with Gasteiger partial charge in [0, 0.05) is 37.4 Å². The van der Waals surface area contributed by atoms with Crippen molar-refractivity contribution in [1.82, 2.24) is 14.5 Å². The van der Waals surface area contributed by atoms with Crippen LogP contribution in [-0.2, 0) is 16.4 Å². The fourth-order valence-electron chi connectivity index (χ4n) is 3.62. The van der Waals surface area contributed by atoms with Crippen LogP contribution >= 0.6 is 11.3 Å². The zero-order valence-corrected chi connectivity index (χ0v) is 18.5. The van der Waals surface area contributed by atoms with Gasteiger partial charge in [-0.15, -0.1) is 11.3 Å². The Labute approximate surface area is 185 Å². The Morgan fingerprint density at radius 3 is 2.48 bits per heavy atom. The fourth-order valence-corrected chi connectivity index (χ4v) is 6.04. The summed E-state index contributed by atoms with van der Waals surface area (Å²) in [4.78, 5) is 14.3. The largest absolute Gasteiger partial charge is 0.338 e. The topological polar surface area (TPSA) is 93.5 Å². The molecule has 0 radical (unpaired) electrons. The lowest BCUT2D eigenvalue weighted by molar-refractivity contribution is 0.172. The number of amides is 2. The molecule has 0 saturated carbocycles. The second-order valence-electron chi connectivity index (χ2n) is 7.27. The van der Waals surface area contributed by atoms with E-state index in [1.165, 1.54) is 44.2 Å². The molecule has 0 spiro atoms. The van der Waals surface area contributed by atoms with Gasteiger partial charge in [-0.3, -0.25) is 0 Å². The van der Waals surface area contributed by atoms with Crippen molar-refractivity contribution in [2.24, 2.45) is 0 Å². The summed E-state index contributed by atoms with van der Waals surface area (Å²) in [5.41, 5.74) is 1.63. The quantitative estimate of drug-likeness (QED) is 0.641. The highest BCUT2D eigenvalue weighted by Crippen LogP contribution is 2.25. The molecule has 9 heteroatoms. The van der Waals surface area contributed by atoms with Crippen molar-refractivity contribution in [3.8, 4) is 6.07 Å². The predicted octanol–water partition coefficient (Wildman–Crippen LogP) is 3.03. The molecule has 160 valence electrons. The Morgan fingerprint density at radius 1 is 1.06 bits per heavy atom. The molecule has 1 N–H and O–H groups in total. The summed E-state index contributed by atoms with van der Waals surface area (Å²) in [5.74, 6) is 0. The number of benzene rings is 2. The van der Waals surface area contributed by atoms with E-state index in [1.807, 2.05) is 18.2 Å². The second-order valence-corrected chi connectivity index (χ2v) is 10.1. The predicted molar refractivity (Wildman–Crippen MR) is 120 cm³/mol. The summed E-state index contributed by atoms with van der Waals surface area (Å²) >= 11 is 1.70. The van der Waals surface area contributed by atoms with Crippen LogP contribution in [0.2, 0.25) is 0 Å². The Hall–Kier alpha value is -2.93. The number of nitrogens with one attached hydrogen (secondary N) is 1. The third-order valence-corrected chi connectivity index (χ3v) is 8.30. The molecule has 2 heterocycles. The lowest BCUT2D eigenvalue weighted by Crippen LogP contribution is -2.53. The van der Waals surface area contributed by atoms with Crippen LogP contribution in [0.25, 0.3) is 10.1 Å². The summed E-state index contributed by atoms with van der Waals surface area (Å²) < 4.78 is 28.2. The van der Waals surface area contributed by atoms with Crippen molar-refractivity contribution in [2.45, 2.75) is 11.3 Å². The number of rotatable bonds is 5. The first kappa shape index (κ1) is 21.3. The number of urea groups is 1. The van der Waals surface area contributed by atoms with Crippen molar-refractivity contribution in [3.63, 3.8) is 0 Å². The van der Waals surface area contributed by atoms with Gasteiger partial charge in [0.15, 0.2) is 0 Å². The van der Waals surface area contributed by atoms with Crippen LogP contribution < -0.4 is 5.32 Å². The molecule has 1 aliphatic rings. The van der Waals surface area contributed by atoms with Crippen molar-refractivity contribution in [1.29, 1.82) is 5.26 Å². The number of carbonyl (C=O) groups is 1. The van der Waals surface area contributed by atoms with Gasteiger partial charge in [0.05, 0.1) is 16.5 Å². The van der Waals surface area contributed by atoms with Crippen LogP contribution in [0.3, 0.4) is 0 Å². The van der Waals surface area contributed by atoms with Gasteiger partial charge in [-0.25, -0.2) is 13.2 Å². The molecular formula is C22H22N4O3S2. The van der Waals surface area contributed by atoms with Gasteiger partial charge in [0.2, 0.25) is 10.0 Å². The number of hydrogen-bond acceptors (Lipinski definition) is 5. The lowest BCUT2D eigenvalue weighted by Gasteiger charge is -2.34. The van der Waals surface area contributed by atoms with Crippen molar-refractivity contribution in [2.75, 3.05) is 32.7 Å². The summed E-state index contributed by atoms with van der Waals surface area (Å²) in [5, 5.41) is 15.2. The van der Waals surface area contributed by atoms with Crippen LogP contribution in [0, 0.1) is 11.3 Å². The fraction of sp³-hybridized carbons (Fsp3) is 0.273. The Bertz CT molecular complexity index is 1220. The van der Waals surface area contributed by atoms with E-state index in [2.05, 4.69) is 22.8 Å². The first-order valence-electron chi connectivity index (χ1n) is 9.97. The van der Waals surface area contributed by atoms with Crippen molar-refractivity contribution in [3.05, 3.63) is 65.0 Å². The normalized spacial score (nSPS) is 15.0. The number of fused-ring (bicyclic) bond motifs is 1. The number of nitrogens with zero attached hydrogens (tertiary/aromatic N) is 3. The Morgan fingerprint density at radius 2 is 1.77 bits per heavy atom. The lowest BCUT2D eigenvalue weighted by atomic mass is 10.1. The average Bonchev–Trinajstić information content (AvgIpc) is 3.22. The molecule has 2 amide bonds. The van der Waals surface area contributed by atoms with Gasteiger partial charge < -0.3 is 10.2 Å². The maximum Gasteiger partial charge on any atom is 0.317 e. The number of hydrogen-bond donors (Lipinski definition) is 1. The zero-order chi connectivity index (χ0) is 21.8. The van der Waals surface area contributed by atoms with E-state index in [1.54, 1.807) is 16.2 Å². The van der Waals surface area contributed by atoms with E-state index in [4.69, 9.17) is 5.26 Å². The SMILES string of the molecule is N#Cc1ccc(S(=O)(=O)N2CCN(C(=O)NCCc3csc4ccccc34)CC2)cc1. The number of carbonyl (C=O) groups excluding carboxylic acids is 1. The monoisotopic (exact) mass is 454 g/mol. The second kappa shape index (κ2) is 9.06. The molecule has 0 atom stereocenters. The summed E-state index contributed by atoms with van der Waals surface area (Å²) in [6.07, 6.45) is 0.753. The molecule has 1 fully saturated rings. The third-order valence-electron chi connectivity index (χ3n) is 5.38. The van der Waals surface area contributed by atoms with Gasteiger partial charge in [-0.1, -0.05) is 18.2 Å². The smallest absolute Gasteiger partial charge is 0.317 e. The van der Waals surface area contributed by atoms with Crippen LogP contribution in [0.5, 0.6) is 0 Å². The van der Waals surface area contributed by atoms with Crippen LogP contribution in [0.1, 0.15) is 11.1 Å². The maximum absolute atomic E-state index is 12.8. The minimum absolute atomic E-state index is 0.160. The van der Waals surface area contributed by atoms with E-state index in [-0.39, 0.29) is 24.0 Å². The van der Waals surface area contributed by atoms with E-state index in [9.17, 15) is 13.2 Å². The summed E-state index contributed by atoms with van der Waals surface area (Å²) in [6, 6.07) is 15.9. The highest BCUT2D eigenvalue weighted by molar-refractivity contribution is 7.89. The minimum Gasteiger partial charge on any atom is -0.338 e. The molecule has 1 aromatic heterocycles. The standard InChI is InChI=1S/C22H22N4O3S2/c23-15-17-5-7-19(8-6-17)31(28,29)26-13-11-25(12-14-26)22(27)24-10-9-18-16-30-21-4-2-1-3-20(18)21/h1-8,16H,9-14H2,(H,24,27). The molecule has 0 aliphatic carbocycles. The Balaban J connectivity index is 1.29. The van der Waals surface area contributed by atoms with Crippen molar-refractivity contribution >= 4 is 37.5 Å². The number of thiophene rings is 1. The molecule has 1 saturated heterocycles. The minimum atomic E-state index is -3.64. The van der Waals surface area contributed by atoms with Gasteiger partial charge >= 0.3 is 6.03 Å². The first-order chi connectivity index (χ1) is 15.0. The molecule has 0 bridgehead atoms. The number of sulfonamides is 1. The van der Waals surface area contributed by atoms with Gasteiger partial charge in [-0.05, 0) is 53.1 Å². The zero-order valence-electron chi connectivity index (χ0n) is 16.8. The molecule has 1 aliphatic heterocycles. The van der Waals surface area contributed by atoms with Gasteiger partial charge in [0.1, 0.15) is 0 Å². The van der Waals surface area contributed by atoms with E-state index in [0.717, 1.165) is 6.42 Å². The molecular weight excluding hydrogens is 432 g/mol. The van der Waals surface area contributed by atoms with E-state index >= 15 is 0 Å². The third kappa shape index (κ3) is 4.56. The van der Waals surface area contributed by atoms with Crippen LogP contribution in [0.4, 0.5) is 4.79 Å². The number of piperazine rings is 1. The van der Waals surface area contributed by atoms with Crippen molar-refractivity contribution < 1.29 is 13.2 Å². The summed E-state index contributed by atoms with van der Waals surface area (Å²) in [7, 11) is -3.64.